The predicted molar refractivity (Wildman–Crippen MR) is 113 cm³/mol. The molecule has 2 aromatic rings. The van der Waals surface area contributed by atoms with E-state index in [4.69, 9.17) is 9.47 Å². The summed E-state index contributed by atoms with van der Waals surface area (Å²) in [6.45, 7) is 6.78. The van der Waals surface area contributed by atoms with Crippen molar-refractivity contribution in [3.63, 3.8) is 0 Å². The number of benzene rings is 1. The van der Waals surface area contributed by atoms with E-state index in [2.05, 4.69) is 45.0 Å². The van der Waals surface area contributed by atoms with Crippen LogP contribution in [-0.2, 0) is 16.8 Å². The average molecular weight is 395 g/mol. The molecular formula is C23H30N4O2. The lowest BCUT2D eigenvalue weighted by Crippen LogP contribution is -2.47. The molecule has 6 nitrogen and oxygen atoms in total. The van der Waals surface area contributed by atoms with Gasteiger partial charge in [0, 0.05) is 32.4 Å². The van der Waals surface area contributed by atoms with Gasteiger partial charge in [0.05, 0.1) is 24.1 Å². The van der Waals surface area contributed by atoms with Gasteiger partial charge in [-0.25, -0.2) is 4.98 Å². The first-order chi connectivity index (χ1) is 14.1. The van der Waals surface area contributed by atoms with E-state index in [1.807, 2.05) is 13.1 Å². The second kappa shape index (κ2) is 7.58. The van der Waals surface area contributed by atoms with Crippen molar-refractivity contribution in [1.29, 1.82) is 0 Å². The minimum atomic E-state index is -0.173. The lowest BCUT2D eigenvalue weighted by atomic mass is 9.79. The fourth-order valence-corrected chi connectivity index (χ4v) is 5.03. The molecular weight excluding hydrogens is 364 g/mol. The predicted octanol–water partition coefficient (Wildman–Crippen LogP) is 2.94. The largest absolute Gasteiger partial charge is 0.489 e. The van der Waals surface area contributed by atoms with Crippen LogP contribution < -0.4 is 9.64 Å². The van der Waals surface area contributed by atoms with Gasteiger partial charge in [0.25, 0.3) is 0 Å². The van der Waals surface area contributed by atoms with E-state index in [0.29, 0.717) is 6.10 Å². The molecule has 0 unspecified atom stereocenters. The molecule has 29 heavy (non-hydrogen) atoms. The Labute approximate surface area is 172 Å². The van der Waals surface area contributed by atoms with Crippen molar-refractivity contribution in [2.24, 2.45) is 0 Å². The first kappa shape index (κ1) is 18.8. The first-order valence-electron chi connectivity index (χ1n) is 10.8. The summed E-state index contributed by atoms with van der Waals surface area (Å²) in [6.07, 6.45) is 8.01. The molecule has 0 amide bonds. The molecule has 0 bridgehead atoms. The molecule has 3 aliphatic heterocycles. The van der Waals surface area contributed by atoms with Crippen LogP contribution in [0.5, 0.6) is 5.75 Å². The van der Waals surface area contributed by atoms with Gasteiger partial charge in [0.1, 0.15) is 17.7 Å². The Hall–Kier alpha value is -2.18. The normalized spacial score (nSPS) is 23.9. The summed E-state index contributed by atoms with van der Waals surface area (Å²) in [4.78, 5) is 13.6. The number of nitrogens with zero attached hydrogens (tertiary/aromatic N) is 4. The molecule has 1 aromatic heterocycles. The Morgan fingerprint density at radius 1 is 1.17 bits per heavy atom. The Morgan fingerprint density at radius 3 is 2.79 bits per heavy atom. The summed E-state index contributed by atoms with van der Waals surface area (Å²) >= 11 is 0. The molecule has 2 fully saturated rings. The van der Waals surface area contributed by atoms with Crippen molar-refractivity contribution in [3.05, 3.63) is 47.4 Å². The fraction of sp³-hybridized carbons (Fsp3) is 0.565. The van der Waals surface area contributed by atoms with Gasteiger partial charge in [-0.1, -0.05) is 6.07 Å². The number of anilines is 1. The van der Waals surface area contributed by atoms with E-state index in [1.165, 1.54) is 11.1 Å². The summed E-state index contributed by atoms with van der Waals surface area (Å²) in [5, 5.41) is 0. The third kappa shape index (κ3) is 3.71. The lowest BCUT2D eigenvalue weighted by Gasteiger charge is -2.45. The number of aromatic nitrogens is 2. The standard InChI is InChI=1S/C23H30N4O2/c1-17-14-24-15-22(25-17)27-10-7-23(8-11-27)21-4-3-19(13-18(21)6-12-28-23)29-20-5-9-26(2)16-20/h3-4,13-15,20H,5-12,16H2,1-2H3/t20-/m0/s1. The maximum atomic E-state index is 6.42. The average Bonchev–Trinajstić information content (AvgIpc) is 3.13. The molecule has 6 heteroatoms. The minimum Gasteiger partial charge on any atom is -0.489 e. The first-order valence-corrected chi connectivity index (χ1v) is 10.8. The number of fused-ring (bicyclic) bond motifs is 2. The van der Waals surface area contributed by atoms with Crippen molar-refractivity contribution < 1.29 is 9.47 Å². The molecule has 5 rings (SSSR count). The van der Waals surface area contributed by atoms with Crippen LogP contribution in [0.15, 0.2) is 30.6 Å². The highest BCUT2D eigenvalue weighted by atomic mass is 16.5. The zero-order chi connectivity index (χ0) is 19.8. The summed E-state index contributed by atoms with van der Waals surface area (Å²) in [6, 6.07) is 6.66. The van der Waals surface area contributed by atoms with E-state index < -0.39 is 0 Å². The van der Waals surface area contributed by atoms with Crippen LogP contribution in [0.3, 0.4) is 0 Å². The summed E-state index contributed by atoms with van der Waals surface area (Å²) in [5.41, 5.74) is 3.54. The summed E-state index contributed by atoms with van der Waals surface area (Å²) in [7, 11) is 2.16. The van der Waals surface area contributed by atoms with Crippen molar-refractivity contribution in [2.75, 3.05) is 44.7 Å². The number of likely N-dealkylation sites (tertiary alicyclic amines) is 1. The Balaban J connectivity index is 1.32. The quantitative estimate of drug-likeness (QED) is 0.798. The van der Waals surface area contributed by atoms with Crippen LogP contribution in [0.2, 0.25) is 0 Å². The minimum absolute atomic E-state index is 0.173. The summed E-state index contributed by atoms with van der Waals surface area (Å²) < 4.78 is 12.7. The number of piperidine rings is 1. The number of aryl methyl sites for hydroxylation is 1. The molecule has 0 N–H and O–H groups in total. The van der Waals surface area contributed by atoms with Crippen LogP contribution in [0.25, 0.3) is 0 Å². The van der Waals surface area contributed by atoms with Gasteiger partial charge in [-0.15, -0.1) is 0 Å². The van der Waals surface area contributed by atoms with E-state index >= 15 is 0 Å². The highest BCUT2D eigenvalue weighted by molar-refractivity contribution is 5.43. The third-order valence-corrected chi connectivity index (χ3v) is 6.61. The molecule has 1 atom stereocenters. The smallest absolute Gasteiger partial charge is 0.147 e. The molecule has 0 aliphatic carbocycles. The maximum absolute atomic E-state index is 6.42. The Morgan fingerprint density at radius 2 is 2.03 bits per heavy atom. The highest BCUT2D eigenvalue weighted by Crippen LogP contribution is 2.43. The lowest BCUT2D eigenvalue weighted by molar-refractivity contribution is -0.0767. The van der Waals surface area contributed by atoms with E-state index in [9.17, 15) is 0 Å². The zero-order valence-corrected chi connectivity index (χ0v) is 17.4. The SMILES string of the molecule is Cc1cncc(N2CCC3(CC2)OCCc2cc(O[C@H]4CCN(C)C4)ccc23)n1. The molecule has 4 heterocycles. The second-order valence-corrected chi connectivity index (χ2v) is 8.71. The van der Waals surface area contributed by atoms with Gasteiger partial charge in [-0.05, 0) is 62.9 Å². The monoisotopic (exact) mass is 394 g/mol. The van der Waals surface area contributed by atoms with Crippen molar-refractivity contribution >= 4 is 5.82 Å². The van der Waals surface area contributed by atoms with Crippen molar-refractivity contribution in [2.45, 2.75) is 44.3 Å². The Bertz CT molecular complexity index is 879. The zero-order valence-electron chi connectivity index (χ0n) is 17.4. The Kier molecular flexibility index (Phi) is 4.92. The van der Waals surface area contributed by atoms with Gasteiger partial charge in [-0.2, -0.15) is 0 Å². The van der Waals surface area contributed by atoms with Gasteiger partial charge in [-0.3, -0.25) is 4.98 Å². The number of likely N-dealkylation sites (N-methyl/N-ethyl adjacent to an activating group) is 1. The number of hydrogen-bond acceptors (Lipinski definition) is 6. The van der Waals surface area contributed by atoms with Crippen LogP contribution >= 0.6 is 0 Å². The molecule has 1 spiro atoms. The molecule has 0 saturated carbocycles. The highest BCUT2D eigenvalue weighted by Gasteiger charge is 2.41. The van der Waals surface area contributed by atoms with E-state index in [1.54, 1.807) is 6.20 Å². The van der Waals surface area contributed by atoms with Crippen LogP contribution in [-0.4, -0.2) is 60.8 Å². The maximum Gasteiger partial charge on any atom is 0.147 e. The summed E-state index contributed by atoms with van der Waals surface area (Å²) in [5.74, 6) is 1.98. The molecule has 3 aliphatic rings. The van der Waals surface area contributed by atoms with Crippen LogP contribution in [0, 0.1) is 6.92 Å². The number of ether oxygens (including phenoxy) is 2. The number of hydrogen-bond donors (Lipinski definition) is 0. The molecule has 0 radical (unpaired) electrons. The second-order valence-electron chi connectivity index (χ2n) is 8.71. The van der Waals surface area contributed by atoms with Gasteiger partial charge in [0.15, 0.2) is 0 Å². The molecule has 1 aromatic carbocycles. The van der Waals surface area contributed by atoms with Crippen molar-refractivity contribution in [3.8, 4) is 5.75 Å². The van der Waals surface area contributed by atoms with Crippen LogP contribution in [0.1, 0.15) is 36.1 Å². The van der Waals surface area contributed by atoms with Gasteiger partial charge < -0.3 is 19.3 Å². The van der Waals surface area contributed by atoms with Gasteiger partial charge >= 0.3 is 0 Å². The van der Waals surface area contributed by atoms with Crippen LogP contribution in [0.4, 0.5) is 5.82 Å². The fourth-order valence-electron chi connectivity index (χ4n) is 5.03. The molecule has 154 valence electrons. The van der Waals surface area contributed by atoms with Gasteiger partial charge in [0.2, 0.25) is 0 Å². The third-order valence-electron chi connectivity index (χ3n) is 6.61. The number of rotatable bonds is 3. The molecule has 2 saturated heterocycles. The van der Waals surface area contributed by atoms with Crippen molar-refractivity contribution in [1.82, 2.24) is 14.9 Å². The van der Waals surface area contributed by atoms with E-state index in [-0.39, 0.29) is 5.60 Å². The van der Waals surface area contributed by atoms with E-state index in [0.717, 1.165) is 75.7 Å². The topological polar surface area (TPSA) is 50.7 Å².